The van der Waals surface area contributed by atoms with Crippen LogP contribution in [0.4, 0.5) is 0 Å². The fourth-order valence-electron chi connectivity index (χ4n) is 4.40. The largest absolute Gasteiger partial charge is 0.462 e. The Morgan fingerprint density at radius 3 is 1.23 bits per heavy atom. The van der Waals surface area contributed by atoms with Gasteiger partial charge in [0.2, 0.25) is 0 Å². The number of carbonyl (C=O) groups excluding carboxylic acids is 3. The lowest BCUT2D eigenvalue weighted by Crippen LogP contribution is -2.31. The third kappa shape index (κ3) is 27.7. The Morgan fingerprint density at radius 1 is 0.487 bits per heavy atom. The monoisotopic (exact) mass is 556 g/mol. The van der Waals surface area contributed by atoms with E-state index in [4.69, 9.17) is 18.9 Å². The molecule has 7 nitrogen and oxygen atoms in total. The lowest BCUT2D eigenvalue weighted by Gasteiger charge is -2.18. The molecule has 0 atom stereocenters. The predicted molar refractivity (Wildman–Crippen MR) is 157 cm³/mol. The molecule has 230 valence electrons. The fraction of sp³-hybridized carbons (Fsp3) is 0.906. The zero-order chi connectivity index (χ0) is 28.8. The van der Waals surface area contributed by atoms with Crippen molar-refractivity contribution in [2.45, 2.75) is 161 Å². The van der Waals surface area contributed by atoms with E-state index in [0.717, 1.165) is 38.5 Å². The minimum absolute atomic E-state index is 0.0996. The maximum absolute atomic E-state index is 12.2. The van der Waals surface area contributed by atoms with Crippen LogP contribution in [-0.2, 0) is 33.3 Å². The molecule has 0 saturated heterocycles. The van der Waals surface area contributed by atoms with Gasteiger partial charge in [0.05, 0.1) is 0 Å². The second-order valence-corrected chi connectivity index (χ2v) is 10.7. The molecule has 0 heterocycles. The molecule has 0 aliphatic heterocycles. The standard InChI is InChI=1S/C32H60O7/c1-4-6-8-10-12-14-16-18-20-23-30(33)37-27-29(39-32(35)25-22-26-36-3)28-38-31(34)24-21-19-17-15-13-11-9-7-5-2/h29H,4-28H2,1-3H3. The molecule has 0 spiro atoms. The SMILES string of the molecule is CCCCCCCCCCCC(=O)OCC(COC(=O)CCCCCCCCCCC)OC(=O)CCCOC. The molecule has 0 unspecified atom stereocenters. The number of rotatable bonds is 29. The minimum Gasteiger partial charge on any atom is -0.462 e. The highest BCUT2D eigenvalue weighted by Gasteiger charge is 2.19. The molecule has 0 aliphatic carbocycles. The van der Waals surface area contributed by atoms with Crippen molar-refractivity contribution in [2.75, 3.05) is 26.9 Å². The van der Waals surface area contributed by atoms with Gasteiger partial charge in [-0.1, -0.05) is 117 Å². The van der Waals surface area contributed by atoms with Crippen LogP contribution in [0.3, 0.4) is 0 Å². The second kappa shape index (κ2) is 29.4. The van der Waals surface area contributed by atoms with Crippen LogP contribution in [0.5, 0.6) is 0 Å². The molecule has 39 heavy (non-hydrogen) atoms. The highest BCUT2D eigenvalue weighted by Crippen LogP contribution is 2.13. The normalized spacial score (nSPS) is 11.1. The molecule has 0 rings (SSSR count). The van der Waals surface area contributed by atoms with Crippen molar-refractivity contribution >= 4 is 17.9 Å². The maximum Gasteiger partial charge on any atom is 0.306 e. The van der Waals surface area contributed by atoms with Gasteiger partial charge in [-0.3, -0.25) is 14.4 Å². The van der Waals surface area contributed by atoms with E-state index in [9.17, 15) is 14.4 Å². The van der Waals surface area contributed by atoms with Crippen molar-refractivity contribution in [2.24, 2.45) is 0 Å². The highest BCUT2D eigenvalue weighted by molar-refractivity contribution is 5.71. The number of hydrogen-bond donors (Lipinski definition) is 0. The average molecular weight is 557 g/mol. The first-order valence-electron chi connectivity index (χ1n) is 16.0. The maximum atomic E-state index is 12.2. The zero-order valence-corrected chi connectivity index (χ0v) is 25.6. The van der Waals surface area contributed by atoms with Gasteiger partial charge in [-0.15, -0.1) is 0 Å². The summed E-state index contributed by atoms with van der Waals surface area (Å²) in [5.74, 6) is -1.03. The van der Waals surface area contributed by atoms with Crippen molar-refractivity contribution in [3.8, 4) is 0 Å². The minimum atomic E-state index is -0.792. The van der Waals surface area contributed by atoms with Gasteiger partial charge in [0.25, 0.3) is 0 Å². The van der Waals surface area contributed by atoms with E-state index in [1.54, 1.807) is 7.11 Å². The van der Waals surface area contributed by atoms with E-state index in [1.807, 2.05) is 0 Å². The van der Waals surface area contributed by atoms with Crippen molar-refractivity contribution in [1.82, 2.24) is 0 Å². The van der Waals surface area contributed by atoms with Gasteiger partial charge in [0.1, 0.15) is 13.2 Å². The number of ether oxygens (including phenoxy) is 4. The molecule has 0 aliphatic rings. The molecule has 0 aromatic carbocycles. The van der Waals surface area contributed by atoms with Crippen molar-refractivity contribution in [3.63, 3.8) is 0 Å². The second-order valence-electron chi connectivity index (χ2n) is 10.7. The lowest BCUT2D eigenvalue weighted by atomic mass is 10.1. The first-order chi connectivity index (χ1) is 19.0. The summed E-state index contributed by atoms with van der Waals surface area (Å²) in [4.78, 5) is 36.6. The van der Waals surface area contributed by atoms with Crippen LogP contribution in [0.2, 0.25) is 0 Å². The molecular weight excluding hydrogens is 496 g/mol. The van der Waals surface area contributed by atoms with Crippen molar-refractivity contribution in [3.05, 3.63) is 0 Å². The summed E-state index contributed by atoms with van der Waals surface area (Å²) in [5.41, 5.74) is 0. The summed E-state index contributed by atoms with van der Waals surface area (Å²) in [6.07, 6.45) is 21.9. The quantitative estimate of drug-likeness (QED) is 0.0520. The van der Waals surface area contributed by atoms with Gasteiger partial charge in [-0.2, -0.15) is 0 Å². The molecule has 0 aromatic rings. The molecule has 0 amide bonds. The summed E-state index contributed by atoms with van der Waals surface area (Å²) < 4.78 is 21.1. The van der Waals surface area contributed by atoms with Gasteiger partial charge >= 0.3 is 17.9 Å². The third-order valence-corrected chi connectivity index (χ3v) is 6.86. The van der Waals surface area contributed by atoms with E-state index >= 15 is 0 Å². The Hall–Kier alpha value is -1.63. The summed E-state index contributed by atoms with van der Waals surface area (Å²) >= 11 is 0. The molecule has 0 aromatic heterocycles. The molecule has 0 radical (unpaired) electrons. The Balaban J connectivity index is 4.19. The van der Waals surface area contributed by atoms with Crippen LogP contribution in [0.25, 0.3) is 0 Å². The Bertz CT molecular complexity index is 541. The number of esters is 3. The lowest BCUT2D eigenvalue weighted by molar-refractivity contribution is -0.167. The van der Waals surface area contributed by atoms with E-state index in [1.165, 1.54) is 77.0 Å². The Morgan fingerprint density at radius 2 is 0.846 bits per heavy atom. The van der Waals surface area contributed by atoms with Crippen LogP contribution >= 0.6 is 0 Å². The molecular formula is C32H60O7. The molecule has 0 saturated carbocycles. The van der Waals surface area contributed by atoms with E-state index < -0.39 is 12.1 Å². The summed E-state index contributed by atoms with van der Waals surface area (Å²) in [7, 11) is 1.58. The number of hydrogen-bond acceptors (Lipinski definition) is 7. The molecule has 0 bridgehead atoms. The number of unbranched alkanes of at least 4 members (excludes halogenated alkanes) is 16. The number of carbonyl (C=O) groups is 3. The van der Waals surface area contributed by atoms with Crippen LogP contribution in [0.15, 0.2) is 0 Å². The summed E-state index contributed by atoms with van der Waals surface area (Å²) in [5, 5.41) is 0. The Labute approximate surface area is 239 Å². The van der Waals surface area contributed by atoms with E-state index in [-0.39, 0.29) is 31.6 Å². The van der Waals surface area contributed by atoms with Crippen LogP contribution in [0.1, 0.15) is 155 Å². The number of methoxy groups -OCH3 is 1. The first kappa shape index (κ1) is 37.4. The highest BCUT2D eigenvalue weighted by atomic mass is 16.6. The Kier molecular flexibility index (Phi) is 28.1. The van der Waals surface area contributed by atoms with Gasteiger partial charge < -0.3 is 18.9 Å². The molecule has 7 heteroatoms. The smallest absolute Gasteiger partial charge is 0.306 e. The van der Waals surface area contributed by atoms with Gasteiger partial charge in [0.15, 0.2) is 6.10 Å². The van der Waals surface area contributed by atoms with Crippen LogP contribution in [0, 0.1) is 0 Å². The summed E-state index contributed by atoms with van der Waals surface area (Å²) in [6.45, 7) is 4.71. The van der Waals surface area contributed by atoms with Crippen molar-refractivity contribution in [1.29, 1.82) is 0 Å². The summed E-state index contributed by atoms with van der Waals surface area (Å²) in [6, 6.07) is 0. The van der Waals surface area contributed by atoms with Crippen LogP contribution in [-0.4, -0.2) is 50.9 Å². The van der Waals surface area contributed by atoms with Gasteiger partial charge in [0, 0.05) is 33.0 Å². The van der Waals surface area contributed by atoms with Gasteiger partial charge in [-0.25, -0.2) is 0 Å². The van der Waals surface area contributed by atoms with E-state index in [0.29, 0.717) is 25.9 Å². The van der Waals surface area contributed by atoms with Crippen molar-refractivity contribution < 1.29 is 33.3 Å². The third-order valence-electron chi connectivity index (χ3n) is 6.86. The van der Waals surface area contributed by atoms with Crippen LogP contribution < -0.4 is 0 Å². The predicted octanol–water partition coefficient (Wildman–Crippen LogP) is 8.25. The molecule has 0 fully saturated rings. The fourth-order valence-corrected chi connectivity index (χ4v) is 4.40. The topological polar surface area (TPSA) is 88.1 Å². The molecule has 0 N–H and O–H groups in total. The van der Waals surface area contributed by atoms with E-state index in [2.05, 4.69) is 13.8 Å². The van der Waals surface area contributed by atoms with Gasteiger partial charge in [-0.05, 0) is 19.3 Å². The first-order valence-corrected chi connectivity index (χ1v) is 16.0. The zero-order valence-electron chi connectivity index (χ0n) is 25.6. The average Bonchev–Trinajstić information content (AvgIpc) is 2.92.